The normalized spacial score (nSPS) is 10.5. The van der Waals surface area contributed by atoms with Crippen molar-refractivity contribution in [1.82, 2.24) is 0 Å². The minimum Gasteiger partial charge on any atom is -0.506 e. The number of nitrogens with one attached hydrogen (secondary N) is 1. The first-order valence-electron chi connectivity index (χ1n) is 6.51. The fraction of sp³-hybridized carbons (Fsp3) is 0.333. The van der Waals surface area contributed by atoms with Crippen molar-refractivity contribution in [3.8, 4) is 17.2 Å². The molecule has 0 saturated carbocycles. The van der Waals surface area contributed by atoms with E-state index in [4.69, 9.17) is 11.6 Å². The molecule has 0 aliphatic rings. The highest BCUT2D eigenvalue weighted by Gasteiger charge is 2.21. The summed E-state index contributed by atoms with van der Waals surface area (Å²) >= 11 is 6.11. The number of ether oxygens (including phenoxy) is 1. The zero-order valence-electron chi connectivity index (χ0n) is 13.1. The fourth-order valence-electron chi connectivity index (χ4n) is 1.58. The lowest BCUT2D eigenvalue weighted by atomic mass is 10.1. The van der Waals surface area contributed by atoms with Crippen molar-refractivity contribution in [1.29, 1.82) is 0 Å². The maximum absolute atomic E-state index is 11.7. The summed E-state index contributed by atoms with van der Waals surface area (Å²) in [5.41, 5.74) is 3.28. The van der Waals surface area contributed by atoms with E-state index in [9.17, 15) is 14.7 Å². The van der Waals surface area contributed by atoms with Crippen molar-refractivity contribution in [2.75, 3.05) is 12.4 Å². The number of hydrogen-bond donors (Lipinski definition) is 2. The van der Waals surface area contributed by atoms with Crippen LogP contribution in [0.25, 0.3) is 0 Å². The van der Waals surface area contributed by atoms with Crippen LogP contribution in [-0.4, -0.2) is 32.2 Å². The molecule has 0 unspecified atom stereocenters. The van der Waals surface area contributed by atoms with Crippen molar-refractivity contribution in [2.45, 2.75) is 26.6 Å². The van der Waals surface area contributed by atoms with E-state index in [-0.39, 0.29) is 33.5 Å². The molecule has 0 fully saturated rings. The number of esters is 1. The van der Waals surface area contributed by atoms with Crippen molar-refractivity contribution in [3.05, 3.63) is 22.2 Å². The highest BCUT2D eigenvalue weighted by Crippen LogP contribution is 2.36. The summed E-state index contributed by atoms with van der Waals surface area (Å²) in [5, 5.41) is 12.9. The van der Waals surface area contributed by atoms with E-state index < -0.39 is 14.0 Å². The number of phenolic OH excluding ortho intramolecular Hbond substituents is 1. The van der Waals surface area contributed by atoms with Crippen LogP contribution in [0.5, 0.6) is 5.75 Å². The Bertz CT molecular complexity index is 683. The predicted octanol–water partition coefficient (Wildman–Crippen LogP) is 3.02. The summed E-state index contributed by atoms with van der Waals surface area (Å²) in [5.74, 6) is 1.40. The van der Waals surface area contributed by atoms with E-state index in [1.807, 2.05) is 19.6 Å². The largest absolute Gasteiger partial charge is 0.506 e. The van der Waals surface area contributed by atoms with Gasteiger partial charge in [0.15, 0.2) is 0 Å². The quantitative estimate of drug-likeness (QED) is 0.493. The van der Waals surface area contributed by atoms with Crippen molar-refractivity contribution in [2.24, 2.45) is 0 Å². The first-order chi connectivity index (χ1) is 10.1. The second-order valence-corrected chi connectivity index (χ2v) is 10.8. The van der Waals surface area contributed by atoms with Gasteiger partial charge < -0.3 is 15.2 Å². The molecule has 0 aliphatic heterocycles. The number of methoxy groups -OCH3 is 1. The lowest BCUT2D eigenvalue weighted by Crippen LogP contribution is -2.16. The van der Waals surface area contributed by atoms with E-state index in [0.717, 1.165) is 0 Å². The molecule has 0 heterocycles. The number of hydrogen-bond acceptors (Lipinski definition) is 4. The van der Waals surface area contributed by atoms with Crippen LogP contribution in [0.15, 0.2) is 6.07 Å². The zero-order chi connectivity index (χ0) is 17.1. The second kappa shape index (κ2) is 6.86. The molecule has 1 rings (SSSR count). The van der Waals surface area contributed by atoms with Gasteiger partial charge in [0.2, 0.25) is 5.91 Å². The Labute approximate surface area is 135 Å². The monoisotopic (exact) mass is 339 g/mol. The summed E-state index contributed by atoms with van der Waals surface area (Å²) in [6, 6.07) is 1.24. The van der Waals surface area contributed by atoms with Crippen LogP contribution in [0.1, 0.15) is 22.8 Å². The summed E-state index contributed by atoms with van der Waals surface area (Å²) in [7, 11) is -0.541. The third-order valence-electron chi connectivity index (χ3n) is 2.52. The SMILES string of the molecule is COC(=O)c1cc(Cl)c(NC(C)=O)c(C#C[Si](C)(C)C)c1O. The Morgan fingerprint density at radius 3 is 2.41 bits per heavy atom. The van der Waals surface area contributed by atoms with Gasteiger partial charge in [-0.25, -0.2) is 4.79 Å². The standard InChI is InChI=1S/C15H18ClNO4Si/c1-9(18)17-13-10(6-7-22(3,4)5)14(19)11(8-12(13)16)15(20)21-2/h8,19H,1-5H3,(H,17,18). The summed E-state index contributed by atoms with van der Waals surface area (Å²) in [6.45, 7) is 7.40. The van der Waals surface area contributed by atoms with Gasteiger partial charge in [-0.15, -0.1) is 5.54 Å². The van der Waals surface area contributed by atoms with Crippen LogP contribution in [0, 0.1) is 11.5 Å². The number of phenols is 1. The number of carbonyl (C=O) groups is 2. The van der Waals surface area contributed by atoms with Crippen LogP contribution in [-0.2, 0) is 9.53 Å². The van der Waals surface area contributed by atoms with Gasteiger partial charge in [-0.1, -0.05) is 37.2 Å². The average molecular weight is 340 g/mol. The molecule has 0 bridgehead atoms. The Morgan fingerprint density at radius 2 is 1.95 bits per heavy atom. The fourth-order valence-corrected chi connectivity index (χ4v) is 2.33. The first-order valence-corrected chi connectivity index (χ1v) is 10.4. The van der Waals surface area contributed by atoms with Crippen LogP contribution < -0.4 is 5.32 Å². The number of rotatable bonds is 2. The minimum atomic E-state index is -1.74. The van der Waals surface area contributed by atoms with Crippen LogP contribution in [0.3, 0.4) is 0 Å². The lowest BCUT2D eigenvalue weighted by Gasteiger charge is -2.13. The number of halogens is 1. The Hall–Kier alpha value is -1.97. The third-order valence-corrected chi connectivity index (χ3v) is 3.69. The molecule has 0 radical (unpaired) electrons. The first kappa shape index (κ1) is 18.1. The van der Waals surface area contributed by atoms with Gasteiger partial charge in [-0.3, -0.25) is 4.79 Å². The summed E-state index contributed by atoms with van der Waals surface area (Å²) in [4.78, 5) is 23.0. The molecule has 22 heavy (non-hydrogen) atoms. The Morgan fingerprint density at radius 1 is 1.36 bits per heavy atom. The van der Waals surface area contributed by atoms with Gasteiger partial charge in [0.25, 0.3) is 0 Å². The molecular weight excluding hydrogens is 322 g/mol. The maximum atomic E-state index is 11.7. The molecule has 5 nitrogen and oxygen atoms in total. The van der Waals surface area contributed by atoms with Crippen molar-refractivity contribution in [3.63, 3.8) is 0 Å². The van der Waals surface area contributed by atoms with Crippen LogP contribution in [0.4, 0.5) is 5.69 Å². The molecular formula is C15H18ClNO4Si. The Balaban J connectivity index is 3.64. The van der Waals surface area contributed by atoms with Gasteiger partial charge in [0, 0.05) is 6.92 Å². The number of benzene rings is 1. The van der Waals surface area contributed by atoms with E-state index in [2.05, 4.69) is 21.5 Å². The van der Waals surface area contributed by atoms with Gasteiger partial charge in [0.05, 0.1) is 23.4 Å². The zero-order valence-corrected chi connectivity index (χ0v) is 14.9. The number of amides is 1. The minimum absolute atomic E-state index is 0.0959. The number of carbonyl (C=O) groups excluding carboxylic acids is 2. The molecule has 118 valence electrons. The maximum Gasteiger partial charge on any atom is 0.341 e. The van der Waals surface area contributed by atoms with Gasteiger partial charge in [-0.05, 0) is 6.07 Å². The second-order valence-electron chi connectivity index (χ2n) is 5.68. The molecule has 2 N–H and O–H groups in total. The van der Waals surface area contributed by atoms with E-state index >= 15 is 0 Å². The molecule has 1 aromatic carbocycles. The van der Waals surface area contributed by atoms with Gasteiger partial charge in [-0.2, -0.15) is 0 Å². The number of anilines is 1. The molecule has 1 amide bonds. The third kappa shape index (κ3) is 4.51. The molecule has 7 heteroatoms. The number of aromatic hydroxyl groups is 1. The highest BCUT2D eigenvalue weighted by molar-refractivity contribution is 6.83. The Kier molecular flexibility index (Phi) is 5.63. The smallest absolute Gasteiger partial charge is 0.341 e. The van der Waals surface area contributed by atoms with Gasteiger partial charge in [0.1, 0.15) is 19.4 Å². The van der Waals surface area contributed by atoms with E-state index in [1.54, 1.807) is 0 Å². The molecule has 0 spiro atoms. The van der Waals surface area contributed by atoms with Crippen LogP contribution >= 0.6 is 11.6 Å². The molecule has 0 aliphatic carbocycles. The summed E-state index contributed by atoms with van der Waals surface area (Å²) in [6.07, 6.45) is 0. The predicted molar refractivity (Wildman–Crippen MR) is 89.0 cm³/mol. The summed E-state index contributed by atoms with van der Waals surface area (Å²) < 4.78 is 4.61. The average Bonchev–Trinajstić information content (AvgIpc) is 2.39. The van der Waals surface area contributed by atoms with Crippen LogP contribution in [0.2, 0.25) is 24.7 Å². The lowest BCUT2D eigenvalue weighted by molar-refractivity contribution is -0.114. The molecule has 0 atom stereocenters. The molecule has 0 aromatic heterocycles. The van der Waals surface area contributed by atoms with E-state index in [0.29, 0.717) is 0 Å². The van der Waals surface area contributed by atoms with Crippen molar-refractivity contribution < 1.29 is 19.4 Å². The molecule has 0 saturated heterocycles. The molecule has 1 aromatic rings. The highest BCUT2D eigenvalue weighted by atomic mass is 35.5. The van der Waals surface area contributed by atoms with Gasteiger partial charge >= 0.3 is 5.97 Å². The van der Waals surface area contributed by atoms with Crippen molar-refractivity contribution >= 4 is 37.2 Å². The van der Waals surface area contributed by atoms with E-state index in [1.165, 1.54) is 20.1 Å². The topological polar surface area (TPSA) is 75.6 Å².